The first-order chi connectivity index (χ1) is 14.4. The van der Waals surface area contributed by atoms with E-state index in [0.29, 0.717) is 5.01 Å². The third-order valence-corrected chi connectivity index (χ3v) is 4.22. The van der Waals surface area contributed by atoms with Gasteiger partial charge in [0, 0.05) is 13.1 Å². The SMILES string of the molecule is O=C(NN1CCOCC1)C(F)(F)C(F)(F)C(F)(F)C(F)(F)C(F)(F)C(F)(F)C(F)(F)C(F)F. The van der Waals surface area contributed by atoms with Crippen LogP contribution in [0.3, 0.4) is 0 Å². The first kappa shape index (κ1) is 29.3. The number of alkyl halides is 16. The van der Waals surface area contributed by atoms with Crippen molar-refractivity contribution in [1.29, 1.82) is 0 Å². The lowest BCUT2D eigenvalue weighted by Gasteiger charge is -2.42. The zero-order chi connectivity index (χ0) is 26.5. The molecule has 1 amide bonds. The van der Waals surface area contributed by atoms with E-state index in [4.69, 9.17) is 0 Å². The molecular formula is C13H10F16N2O2. The second kappa shape index (κ2) is 8.49. The zero-order valence-corrected chi connectivity index (χ0v) is 15.2. The Kier molecular flexibility index (Phi) is 7.54. The third-order valence-electron chi connectivity index (χ3n) is 4.22. The molecule has 0 atom stereocenters. The molecule has 0 saturated carbocycles. The summed E-state index contributed by atoms with van der Waals surface area (Å²) in [6, 6.07) is 0. The maximum absolute atomic E-state index is 13.7. The third kappa shape index (κ3) is 4.16. The molecule has 4 nitrogen and oxygen atoms in total. The molecule has 1 rings (SSSR count). The molecule has 1 aliphatic rings. The number of carbonyl (C=O) groups excluding carboxylic acids is 1. The summed E-state index contributed by atoms with van der Waals surface area (Å²) in [6.45, 7) is -1.80. The molecular weight excluding hydrogens is 520 g/mol. The topological polar surface area (TPSA) is 41.6 Å². The van der Waals surface area contributed by atoms with Crippen molar-refractivity contribution < 1.29 is 79.8 Å². The fourth-order valence-electron chi connectivity index (χ4n) is 2.17. The van der Waals surface area contributed by atoms with Gasteiger partial charge in [0.2, 0.25) is 0 Å². The second-order valence-electron chi connectivity index (χ2n) is 6.41. The maximum atomic E-state index is 13.7. The average Bonchev–Trinajstić information content (AvgIpc) is 2.67. The summed E-state index contributed by atoms with van der Waals surface area (Å²) < 4.78 is 216. The Morgan fingerprint density at radius 1 is 0.667 bits per heavy atom. The predicted octanol–water partition coefficient (Wildman–Crippen LogP) is 4.06. The number of carbonyl (C=O) groups is 1. The lowest BCUT2D eigenvalue weighted by Crippen LogP contribution is -2.75. The monoisotopic (exact) mass is 530 g/mol. The molecule has 1 aliphatic heterocycles. The van der Waals surface area contributed by atoms with Gasteiger partial charge in [0.05, 0.1) is 13.2 Å². The van der Waals surface area contributed by atoms with Crippen molar-refractivity contribution in [2.24, 2.45) is 0 Å². The summed E-state index contributed by atoms with van der Waals surface area (Å²) >= 11 is 0. The Hall–Kier alpha value is -1.73. The molecule has 0 aromatic heterocycles. The molecule has 20 heteroatoms. The predicted molar refractivity (Wildman–Crippen MR) is 71.2 cm³/mol. The van der Waals surface area contributed by atoms with Crippen molar-refractivity contribution in [2.45, 2.75) is 47.9 Å². The minimum Gasteiger partial charge on any atom is -0.379 e. The number of amides is 1. The van der Waals surface area contributed by atoms with Gasteiger partial charge in [-0.05, 0) is 0 Å². The lowest BCUT2D eigenvalue weighted by atomic mass is 9.89. The van der Waals surface area contributed by atoms with Crippen LogP contribution in [0.4, 0.5) is 70.2 Å². The van der Waals surface area contributed by atoms with E-state index in [-0.39, 0.29) is 13.2 Å². The molecule has 1 fully saturated rings. The van der Waals surface area contributed by atoms with Crippen LogP contribution in [0.15, 0.2) is 0 Å². The van der Waals surface area contributed by atoms with Crippen molar-refractivity contribution in [1.82, 2.24) is 10.4 Å². The first-order valence-electron chi connectivity index (χ1n) is 8.01. The van der Waals surface area contributed by atoms with Crippen LogP contribution in [-0.4, -0.2) is 85.1 Å². The van der Waals surface area contributed by atoms with Gasteiger partial charge in [-0.15, -0.1) is 0 Å². The average molecular weight is 530 g/mol. The molecule has 1 saturated heterocycles. The van der Waals surface area contributed by atoms with Crippen LogP contribution in [0, 0.1) is 0 Å². The van der Waals surface area contributed by atoms with E-state index in [1.165, 1.54) is 0 Å². The molecule has 33 heavy (non-hydrogen) atoms. The molecule has 0 spiro atoms. The van der Waals surface area contributed by atoms with E-state index in [1.807, 2.05) is 0 Å². The Bertz CT molecular complexity index is 719. The van der Waals surface area contributed by atoms with Crippen LogP contribution in [0.1, 0.15) is 0 Å². The van der Waals surface area contributed by atoms with E-state index in [0.717, 1.165) is 5.43 Å². The van der Waals surface area contributed by atoms with Gasteiger partial charge in [0.25, 0.3) is 0 Å². The van der Waals surface area contributed by atoms with Crippen LogP contribution in [-0.2, 0) is 9.53 Å². The number of nitrogens with zero attached hydrogens (tertiary/aromatic N) is 1. The summed E-state index contributed by atoms with van der Waals surface area (Å²) in [5.74, 6) is -59.6. The highest BCUT2D eigenvalue weighted by Crippen LogP contribution is 2.62. The van der Waals surface area contributed by atoms with Crippen LogP contribution in [0.2, 0.25) is 0 Å². The van der Waals surface area contributed by atoms with E-state index >= 15 is 0 Å². The Labute approximate surface area is 171 Å². The van der Waals surface area contributed by atoms with Crippen LogP contribution >= 0.6 is 0 Å². The summed E-state index contributed by atoms with van der Waals surface area (Å²) in [6.07, 6.45) is -5.91. The fourth-order valence-corrected chi connectivity index (χ4v) is 2.17. The van der Waals surface area contributed by atoms with Gasteiger partial charge in [0.1, 0.15) is 0 Å². The molecule has 196 valence electrons. The van der Waals surface area contributed by atoms with E-state index in [2.05, 4.69) is 4.74 Å². The van der Waals surface area contributed by atoms with Crippen molar-refractivity contribution >= 4 is 5.91 Å². The molecule has 0 unspecified atom stereocenters. The van der Waals surface area contributed by atoms with E-state index < -0.39 is 66.9 Å². The van der Waals surface area contributed by atoms with Crippen molar-refractivity contribution in [3.8, 4) is 0 Å². The maximum Gasteiger partial charge on any atom is 0.394 e. The standard InChI is InChI=1S/C13H10F16N2O2/c14-5(15)7(16,17)9(20,21)11(24,25)13(28,29)12(26,27)10(22,23)8(18,19)6(32)30-31-1-3-33-4-2-31/h5H,1-4H2,(H,30,32). The Morgan fingerprint density at radius 3 is 1.42 bits per heavy atom. The largest absolute Gasteiger partial charge is 0.394 e. The number of hydrogen-bond donors (Lipinski definition) is 1. The number of nitrogens with one attached hydrogen (secondary N) is 1. The van der Waals surface area contributed by atoms with Crippen LogP contribution in [0.5, 0.6) is 0 Å². The lowest BCUT2D eigenvalue weighted by molar-refractivity contribution is -0.443. The van der Waals surface area contributed by atoms with Gasteiger partial charge in [-0.3, -0.25) is 10.2 Å². The summed E-state index contributed by atoms with van der Waals surface area (Å²) in [5.41, 5.74) is 0.848. The molecule has 0 radical (unpaired) electrons. The van der Waals surface area contributed by atoms with Gasteiger partial charge < -0.3 is 4.74 Å². The number of hydrogen-bond acceptors (Lipinski definition) is 3. The molecule has 0 aromatic rings. The minimum absolute atomic E-state index is 0.318. The van der Waals surface area contributed by atoms with E-state index in [9.17, 15) is 75.0 Å². The minimum atomic E-state index is -8.53. The molecule has 0 aliphatic carbocycles. The normalized spacial score (nSPS) is 18.6. The van der Waals surface area contributed by atoms with Gasteiger partial charge in [-0.1, -0.05) is 0 Å². The highest BCUT2D eigenvalue weighted by Gasteiger charge is 2.94. The zero-order valence-electron chi connectivity index (χ0n) is 15.2. The van der Waals surface area contributed by atoms with Crippen molar-refractivity contribution in [3.63, 3.8) is 0 Å². The smallest absolute Gasteiger partial charge is 0.379 e. The summed E-state index contributed by atoms with van der Waals surface area (Å²) in [7, 11) is 0. The quantitative estimate of drug-likeness (QED) is 0.458. The number of rotatable bonds is 9. The van der Waals surface area contributed by atoms with Gasteiger partial charge in [0.15, 0.2) is 0 Å². The molecule has 0 bridgehead atoms. The fraction of sp³-hybridized carbons (Fsp3) is 0.923. The van der Waals surface area contributed by atoms with Gasteiger partial charge in [-0.25, -0.2) is 13.8 Å². The van der Waals surface area contributed by atoms with Crippen LogP contribution in [0.25, 0.3) is 0 Å². The highest BCUT2D eigenvalue weighted by atomic mass is 19.4. The molecule has 0 aromatic carbocycles. The van der Waals surface area contributed by atoms with E-state index in [1.54, 1.807) is 0 Å². The Balaban J connectivity index is 3.44. The number of ether oxygens (including phenoxy) is 1. The number of hydrazine groups is 1. The highest BCUT2D eigenvalue weighted by molar-refractivity contribution is 5.84. The number of morpholine rings is 1. The first-order valence-corrected chi connectivity index (χ1v) is 8.01. The summed E-state index contributed by atoms with van der Waals surface area (Å²) in [4.78, 5) is 11.3. The van der Waals surface area contributed by atoms with Gasteiger partial charge >= 0.3 is 53.8 Å². The van der Waals surface area contributed by atoms with Crippen molar-refractivity contribution in [2.75, 3.05) is 26.3 Å². The van der Waals surface area contributed by atoms with Crippen molar-refractivity contribution in [3.05, 3.63) is 0 Å². The molecule has 1 heterocycles. The number of halogens is 16. The second-order valence-corrected chi connectivity index (χ2v) is 6.41. The Morgan fingerprint density at radius 2 is 1.03 bits per heavy atom. The summed E-state index contributed by atoms with van der Waals surface area (Å²) in [5, 5.41) is 0.318. The molecule has 1 N–H and O–H groups in total. The van der Waals surface area contributed by atoms with Crippen LogP contribution < -0.4 is 5.43 Å². The van der Waals surface area contributed by atoms with Gasteiger partial charge in [-0.2, -0.15) is 61.5 Å².